The van der Waals surface area contributed by atoms with Crippen LogP contribution in [0.2, 0.25) is 0 Å². The van der Waals surface area contributed by atoms with Crippen molar-refractivity contribution in [1.82, 2.24) is 4.98 Å². The first-order chi connectivity index (χ1) is 8.27. The Bertz CT molecular complexity index is 729. The van der Waals surface area contributed by atoms with Crippen LogP contribution in [-0.4, -0.2) is 4.98 Å². The summed E-state index contributed by atoms with van der Waals surface area (Å²) in [5.41, 5.74) is 2.76. The van der Waals surface area contributed by atoms with Crippen LogP contribution in [0.1, 0.15) is 5.56 Å². The Hall–Kier alpha value is -1.94. The molecule has 0 unspecified atom stereocenters. The number of hydrogen-bond acceptors (Lipinski definition) is 4. The van der Waals surface area contributed by atoms with Crippen LogP contribution >= 0.6 is 11.3 Å². The molecule has 2 heterocycles. The highest BCUT2D eigenvalue weighted by molar-refractivity contribution is 7.13. The van der Waals surface area contributed by atoms with E-state index in [1.165, 1.54) is 11.3 Å². The van der Waals surface area contributed by atoms with Gasteiger partial charge in [-0.25, -0.2) is 4.98 Å². The first-order valence-electron chi connectivity index (χ1n) is 5.24. The predicted octanol–water partition coefficient (Wildman–Crippen LogP) is 3.34. The third kappa shape index (κ3) is 1.57. The second-order valence-corrected chi connectivity index (χ2v) is 4.66. The van der Waals surface area contributed by atoms with Crippen molar-refractivity contribution in [3.05, 3.63) is 47.0 Å². The van der Waals surface area contributed by atoms with Crippen molar-refractivity contribution in [1.29, 1.82) is 5.41 Å². The fourth-order valence-electron chi connectivity index (χ4n) is 1.94. The van der Waals surface area contributed by atoms with Gasteiger partial charge in [0.05, 0.1) is 5.56 Å². The van der Waals surface area contributed by atoms with Gasteiger partial charge in [0.15, 0.2) is 0 Å². The van der Waals surface area contributed by atoms with Crippen molar-refractivity contribution in [2.75, 3.05) is 0 Å². The van der Waals surface area contributed by atoms with E-state index in [4.69, 9.17) is 9.83 Å². The highest BCUT2D eigenvalue weighted by atomic mass is 32.1. The number of aryl methyl sites for hydroxylation is 1. The van der Waals surface area contributed by atoms with Crippen LogP contribution in [0, 0.1) is 12.3 Å². The average Bonchev–Trinajstić information content (AvgIpc) is 2.83. The molecular weight excluding hydrogens is 232 g/mol. The van der Waals surface area contributed by atoms with Crippen LogP contribution in [0.4, 0.5) is 0 Å². The summed E-state index contributed by atoms with van der Waals surface area (Å²) in [5, 5.41) is 11.7. The Balaban J connectivity index is 2.44. The van der Waals surface area contributed by atoms with Crippen LogP contribution in [0.25, 0.3) is 21.5 Å². The van der Waals surface area contributed by atoms with Gasteiger partial charge in [0, 0.05) is 17.0 Å². The molecule has 0 aliphatic carbocycles. The fraction of sp³-hybridized carbons (Fsp3) is 0.0769. The fourth-order valence-corrected chi connectivity index (χ4v) is 2.67. The maximum atomic E-state index is 7.97. The summed E-state index contributed by atoms with van der Waals surface area (Å²) >= 11 is 1.52. The van der Waals surface area contributed by atoms with Crippen molar-refractivity contribution in [3.8, 4) is 10.6 Å². The topological polar surface area (TPSA) is 49.9 Å². The molecule has 3 nitrogen and oxygen atoms in total. The lowest BCUT2D eigenvalue weighted by molar-refractivity contribution is 0.535. The van der Waals surface area contributed by atoms with Crippen molar-refractivity contribution in [3.63, 3.8) is 0 Å². The van der Waals surface area contributed by atoms with Crippen molar-refractivity contribution in [2.24, 2.45) is 0 Å². The summed E-state index contributed by atoms with van der Waals surface area (Å²) in [4.78, 5) is 4.25. The third-order valence-electron chi connectivity index (χ3n) is 2.75. The highest BCUT2D eigenvalue weighted by Gasteiger charge is 2.12. The van der Waals surface area contributed by atoms with E-state index >= 15 is 0 Å². The number of para-hydroxylation sites is 1. The van der Waals surface area contributed by atoms with E-state index in [0.717, 1.165) is 27.1 Å². The minimum Gasteiger partial charge on any atom is -0.438 e. The van der Waals surface area contributed by atoms with Crippen LogP contribution in [0.15, 0.2) is 40.3 Å². The summed E-state index contributed by atoms with van der Waals surface area (Å²) in [6.07, 6.45) is 1.74. The zero-order valence-corrected chi connectivity index (χ0v) is 10.0. The summed E-state index contributed by atoms with van der Waals surface area (Å²) in [6, 6.07) is 7.77. The van der Waals surface area contributed by atoms with Crippen LogP contribution in [0.5, 0.6) is 0 Å². The van der Waals surface area contributed by atoms with Gasteiger partial charge in [-0.3, -0.25) is 5.41 Å². The number of benzene rings is 1. The molecule has 0 fully saturated rings. The molecule has 2 aromatic heterocycles. The second-order valence-electron chi connectivity index (χ2n) is 3.76. The molecule has 0 saturated heterocycles. The molecule has 0 aliphatic heterocycles. The molecular formula is C13H10N2OS. The first-order valence-corrected chi connectivity index (χ1v) is 6.12. The van der Waals surface area contributed by atoms with Crippen molar-refractivity contribution >= 4 is 22.3 Å². The van der Waals surface area contributed by atoms with Gasteiger partial charge in [-0.05, 0) is 18.6 Å². The zero-order valence-electron chi connectivity index (χ0n) is 9.23. The van der Waals surface area contributed by atoms with Gasteiger partial charge in [0.1, 0.15) is 10.6 Å². The molecule has 0 amide bonds. The number of hydrogen-bond donors (Lipinski definition) is 1. The van der Waals surface area contributed by atoms with Gasteiger partial charge in [0.2, 0.25) is 5.55 Å². The van der Waals surface area contributed by atoms with Gasteiger partial charge in [-0.1, -0.05) is 18.2 Å². The second kappa shape index (κ2) is 3.82. The molecule has 3 aromatic rings. The normalized spacial score (nSPS) is 10.9. The molecule has 0 aliphatic rings. The number of rotatable bonds is 1. The van der Waals surface area contributed by atoms with Crippen LogP contribution in [0.3, 0.4) is 0 Å². The highest BCUT2D eigenvalue weighted by Crippen LogP contribution is 2.27. The Kier molecular flexibility index (Phi) is 2.30. The molecule has 84 valence electrons. The lowest BCUT2D eigenvalue weighted by Gasteiger charge is -2.06. The average molecular weight is 242 g/mol. The van der Waals surface area contributed by atoms with Gasteiger partial charge in [-0.2, -0.15) is 0 Å². The van der Waals surface area contributed by atoms with E-state index in [1.54, 1.807) is 6.20 Å². The third-order valence-corrected chi connectivity index (χ3v) is 3.54. The van der Waals surface area contributed by atoms with E-state index < -0.39 is 0 Å². The van der Waals surface area contributed by atoms with Crippen LogP contribution in [-0.2, 0) is 0 Å². The molecule has 3 rings (SSSR count). The molecule has 1 aromatic carbocycles. The molecule has 0 saturated carbocycles. The maximum Gasteiger partial charge on any atom is 0.222 e. The van der Waals surface area contributed by atoms with Crippen LogP contribution < -0.4 is 5.55 Å². The van der Waals surface area contributed by atoms with Gasteiger partial charge in [0.25, 0.3) is 0 Å². The monoisotopic (exact) mass is 242 g/mol. The number of fused-ring (bicyclic) bond motifs is 1. The summed E-state index contributed by atoms with van der Waals surface area (Å²) in [5.74, 6) is 0. The van der Waals surface area contributed by atoms with E-state index in [2.05, 4.69) is 4.98 Å². The standard InChI is InChI=1S/C13H10N2OS/c1-8-9-4-2-3-5-10(9)16-12(14)11(8)13-15-6-7-17-13/h2-7,14H,1H3. The molecule has 1 N–H and O–H groups in total. The van der Waals surface area contributed by atoms with Gasteiger partial charge >= 0.3 is 0 Å². The molecule has 0 atom stereocenters. The molecule has 0 spiro atoms. The number of thiazole rings is 1. The molecule has 0 radical (unpaired) electrons. The molecule has 17 heavy (non-hydrogen) atoms. The number of nitrogens with one attached hydrogen (secondary N) is 1. The molecule has 0 bridgehead atoms. The Morgan fingerprint density at radius 3 is 2.88 bits per heavy atom. The van der Waals surface area contributed by atoms with Crippen molar-refractivity contribution < 1.29 is 4.42 Å². The molecule has 4 heteroatoms. The lowest BCUT2D eigenvalue weighted by Crippen LogP contribution is -2.05. The van der Waals surface area contributed by atoms with E-state index in [1.807, 2.05) is 36.6 Å². The summed E-state index contributed by atoms with van der Waals surface area (Å²) in [7, 11) is 0. The Morgan fingerprint density at radius 1 is 1.29 bits per heavy atom. The summed E-state index contributed by atoms with van der Waals surface area (Å²) in [6.45, 7) is 2.01. The largest absolute Gasteiger partial charge is 0.438 e. The van der Waals surface area contributed by atoms with Crippen molar-refractivity contribution in [2.45, 2.75) is 6.92 Å². The SMILES string of the molecule is Cc1c(-c2nccs2)c(=N)oc2ccccc12. The quantitative estimate of drug-likeness (QED) is 0.711. The number of nitrogens with zero attached hydrogens (tertiary/aromatic N) is 1. The lowest BCUT2D eigenvalue weighted by atomic mass is 10.1. The van der Waals surface area contributed by atoms with Gasteiger partial charge in [-0.15, -0.1) is 11.3 Å². The minimum absolute atomic E-state index is 0.177. The summed E-state index contributed by atoms with van der Waals surface area (Å²) < 4.78 is 5.53. The van der Waals surface area contributed by atoms with E-state index in [9.17, 15) is 0 Å². The number of aromatic nitrogens is 1. The Labute approximate surface area is 102 Å². The smallest absolute Gasteiger partial charge is 0.222 e. The van der Waals surface area contributed by atoms with Gasteiger partial charge < -0.3 is 4.42 Å². The maximum absolute atomic E-state index is 7.97. The first kappa shape index (κ1) is 10.2. The Morgan fingerprint density at radius 2 is 2.12 bits per heavy atom. The van der Waals surface area contributed by atoms with E-state index in [0.29, 0.717) is 0 Å². The zero-order chi connectivity index (χ0) is 11.8. The predicted molar refractivity (Wildman–Crippen MR) is 67.9 cm³/mol. The minimum atomic E-state index is 0.177. The van der Waals surface area contributed by atoms with E-state index in [-0.39, 0.29) is 5.55 Å².